The fourth-order valence-electron chi connectivity index (χ4n) is 1.77. The van der Waals surface area contributed by atoms with E-state index in [1.807, 2.05) is 6.92 Å². The number of hydrogen-bond acceptors (Lipinski definition) is 3. The van der Waals surface area contributed by atoms with Gasteiger partial charge in [0.2, 0.25) is 5.91 Å². The van der Waals surface area contributed by atoms with Gasteiger partial charge in [-0.2, -0.15) is 0 Å². The first-order chi connectivity index (χ1) is 8.43. The molecule has 4 N–H and O–H groups in total. The average molecular weight is 250 g/mol. The van der Waals surface area contributed by atoms with Crippen LogP contribution in [0.4, 0.5) is 5.69 Å². The number of carbonyl (C=O) groups is 2. The van der Waals surface area contributed by atoms with E-state index in [0.717, 1.165) is 11.3 Å². The highest BCUT2D eigenvalue weighted by molar-refractivity contribution is 5.94. The van der Waals surface area contributed by atoms with Crippen LogP contribution in [0.15, 0.2) is 18.2 Å². The Labute approximate surface area is 106 Å². The molecule has 5 nitrogen and oxygen atoms in total. The van der Waals surface area contributed by atoms with Crippen LogP contribution in [0.25, 0.3) is 0 Å². The number of carboxylic acid groups (broad SMARTS) is 1. The van der Waals surface area contributed by atoms with Crippen molar-refractivity contribution in [3.63, 3.8) is 0 Å². The summed E-state index contributed by atoms with van der Waals surface area (Å²) in [6, 6.07) is 5.05. The van der Waals surface area contributed by atoms with Gasteiger partial charge >= 0.3 is 5.97 Å². The summed E-state index contributed by atoms with van der Waals surface area (Å²) in [5, 5.41) is 11.9. The quantitative estimate of drug-likeness (QED) is 0.717. The predicted octanol–water partition coefficient (Wildman–Crippen LogP) is 1.76. The normalized spacial score (nSPS) is 11.9. The van der Waals surface area contributed by atoms with E-state index in [9.17, 15) is 9.59 Å². The van der Waals surface area contributed by atoms with Crippen LogP contribution in [-0.2, 0) is 4.79 Å². The number of amides is 1. The van der Waals surface area contributed by atoms with Crippen molar-refractivity contribution in [2.24, 2.45) is 5.73 Å². The van der Waals surface area contributed by atoms with Crippen LogP contribution in [-0.4, -0.2) is 23.0 Å². The predicted molar refractivity (Wildman–Crippen MR) is 69.7 cm³/mol. The Morgan fingerprint density at radius 3 is 2.56 bits per heavy atom. The summed E-state index contributed by atoms with van der Waals surface area (Å²) in [5.41, 5.74) is 7.27. The molecule has 0 aromatic heterocycles. The first-order valence-corrected chi connectivity index (χ1v) is 5.82. The largest absolute Gasteiger partial charge is 0.481 e. The highest BCUT2D eigenvalue weighted by atomic mass is 16.4. The molecule has 98 valence electrons. The lowest BCUT2D eigenvalue weighted by atomic mass is 10.1. The molecule has 0 fully saturated rings. The van der Waals surface area contributed by atoms with Crippen LogP contribution in [0.2, 0.25) is 0 Å². The van der Waals surface area contributed by atoms with Crippen LogP contribution in [0.3, 0.4) is 0 Å². The lowest BCUT2D eigenvalue weighted by molar-refractivity contribution is -0.137. The van der Waals surface area contributed by atoms with Crippen molar-refractivity contribution in [2.45, 2.75) is 32.7 Å². The minimum Gasteiger partial charge on any atom is -0.481 e. The second-order valence-electron chi connectivity index (χ2n) is 4.24. The van der Waals surface area contributed by atoms with Crippen molar-refractivity contribution < 1.29 is 14.7 Å². The van der Waals surface area contributed by atoms with Crippen LogP contribution >= 0.6 is 0 Å². The number of hydrogen-bond donors (Lipinski definition) is 3. The lowest BCUT2D eigenvalue weighted by Crippen LogP contribution is -2.22. The van der Waals surface area contributed by atoms with E-state index >= 15 is 0 Å². The van der Waals surface area contributed by atoms with Crippen molar-refractivity contribution in [3.8, 4) is 0 Å². The van der Waals surface area contributed by atoms with Gasteiger partial charge in [0.25, 0.3) is 0 Å². The molecule has 0 radical (unpaired) electrons. The monoisotopic (exact) mass is 250 g/mol. The number of carboxylic acids is 1. The molecule has 0 aliphatic rings. The lowest BCUT2D eigenvalue weighted by Gasteiger charge is -2.17. The van der Waals surface area contributed by atoms with Crippen molar-refractivity contribution in [1.29, 1.82) is 0 Å². The first-order valence-electron chi connectivity index (χ1n) is 5.82. The van der Waals surface area contributed by atoms with Crippen molar-refractivity contribution >= 4 is 17.6 Å². The molecule has 1 unspecified atom stereocenters. The molecular formula is C13H18N2O3. The van der Waals surface area contributed by atoms with Gasteiger partial charge in [0.15, 0.2) is 0 Å². The van der Waals surface area contributed by atoms with Gasteiger partial charge in [-0.1, -0.05) is 6.92 Å². The minimum atomic E-state index is -0.833. The second-order valence-corrected chi connectivity index (χ2v) is 4.24. The van der Waals surface area contributed by atoms with E-state index in [1.165, 1.54) is 0 Å². The van der Waals surface area contributed by atoms with E-state index in [2.05, 4.69) is 5.32 Å². The van der Waals surface area contributed by atoms with Crippen LogP contribution in [0.1, 0.15) is 35.7 Å². The number of nitrogens with two attached hydrogens (primary N) is 1. The molecule has 0 bridgehead atoms. The molecule has 1 atom stereocenters. The summed E-state index contributed by atoms with van der Waals surface area (Å²) >= 11 is 0. The van der Waals surface area contributed by atoms with Crippen molar-refractivity contribution in [1.82, 2.24) is 0 Å². The molecule has 0 saturated heterocycles. The zero-order valence-corrected chi connectivity index (χ0v) is 10.6. The summed E-state index contributed by atoms with van der Waals surface area (Å²) in [7, 11) is 0. The average Bonchev–Trinajstić information content (AvgIpc) is 2.27. The molecule has 0 spiro atoms. The van der Waals surface area contributed by atoms with Gasteiger partial charge in [0.05, 0.1) is 6.42 Å². The fraction of sp³-hybridized carbons (Fsp3) is 0.385. The molecule has 0 aliphatic carbocycles. The Balaban J connectivity index is 2.81. The molecular weight excluding hydrogens is 232 g/mol. The zero-order valence-electron chi connectivity index (χ0n) is 10.6. The Kier molecular flexibility index (Phi) is 4.71. The minimum absolute atomic E-state index is 0.0626. The third-order valence-electron chi connectivity index (χ3n) is 2.78. The maximum absolute atomic E-state index is 11.1. The molecule has 18 heavy (non-hydrogen) atoms. The second kappa shape index (κ2) is 6.05. The third-order valence-corrected chi connectivity index (χ3v) is 2.78. The molecule has 0 aliphatic heterocycles. The summed E-state index contributed by atoms with van der Waals surface area (Å²) in [6.45, 7) is 3.72. The highest BCUT2D eigenvalue weighted by Gasteiger charge is 2.12. The number of anilines is 1. The van der Waals surface area contributed by atoms with Gasteiger partial charge in [0.1, 0.15) is 0 Å². The number of carbonyl (C=O) groups excluding carboxylic acids is 1. The Hall–Kier alpha value is -2.04. The number of nitrogens with one attached hydrogen (secondary N) is 1. The fourth-order valence-corrected chi connectivity index (χ4v) is 1.77. The van der Waals surface area contributed by atoms with Gasteiger partial charge in [0, 0.05) is 17.3 Å². The summed E-state index contributed by atoms with van der Waals surface area (Å²) in [5.74, 6) is -1.29. The van der Waals surface area contributed by atoms with E-state index in [4.69, 9.17) is 10.8 Å². The van der Waals surface area contributed by atoms with Crippen LogP contribution in [0.5, 0.6) is 0 Å². The molecule has 1 aromatic rings. The number of aliphatic carboxylic acids is 1. The van der Waals surface area contributed by atoms with Gasteiger partial charge in [-0.15, -0.1) is 0 Å². The summed E-state index contributed by atoms with van der Waals surface area (Å²) in [6.07, 6.45) is 0.774. The Bertz CT molecular complexity index is 458. The van der Waals surface area contributed by atoms with E-state index in [-0.39, 0.29) is 12.5 Å². The Morgan fingerprint density at radius 2 is 2.11 bits per heavy atom. The zero-order chi connectivity index (χ0) is 13.7. The smallest absolute Gasteiger partial charge is 0.305 e. The topological polar surface area (TPSA) is 92.4 Å². The van der Waals surface area contributed by atoms with Gasteiger partial charge in [-0.05, 0) is 37.1 Å². The highest BCUT2D eigenvalue weighted by Crippen LogP contribution is 2.17. The number of aryl methyl sites for hydroxylation is 1. The van der Waals surface area contributed by atoms with Crippen LogP contribution in [0, 0.1) is 6.92 Å². The number of benzene rings is 1. The third kappa shape index (κ3) is 3.76. The first kappa shape index (κ1) is 14.0. The summed E-state index contributed by atoms with van der Waals surface area (Å²) < 4.78 is 0. The Morgan fingerprint density at radius 1 is 1.44 bits per heavy atom. The maximum Gasteiger partial charge on any atom is 0.305 e. The van der Waals surface area contributed by atoms with E-state index in [1.54, 1.807) is 25.1 Å². The molecule has 1 rings (SSSR count). The number of primary amides is 1. The van der Waals surface area contributed by atoms with Crippen molar-refractivity contribution in [2.75, 3.05) is 5.32 Å². The maximum atomic E-state index is 11.1. The van der Waals surface area contributed by atoms with Crippen molar-refractivity contribution in [3.05, 3.63) is 29.3 Å². The standard InChI is InChI=1S/C13H18N2O3/c1-3-9(7-12(16)17)15-10-4-5-11(13(14)18)8(2)6-10/h4-6,9,15H,3,7H2,1-2H3,(H2,14,18)(H,16,17). The van der Waals surface area contributed by atoms with E-state index in [0.29, 0.717) is 12.0 Å². The molecule has 0 heterocycles. The van der Waals surface area contributed by atoms with E-state index < -0.39 is 11.9 Å². The van der Waals surface area contributed by atoms with Crippen LogP contribution < -0.4 is 11.1 Å². The van der Waals surface area contributed by atoms with Gasteiger partial charge < -0.3 is 16.2 Å². The molecule has 0 saturated carbocycles. The van der Waals surface area contributed by atoms with Gasteiger partial charge in [-0.25, -0.2) is 0 Å². The SMILES string of the molecule is CCC(CC(=O)O)Nc1ccc(C(N)=O)c(C)c1. The summed E-state index contributed by atoms with van der Waals surface area (Å²) in [4.78, 5) is 21.7. The molecule has 5 heteroatoms. The van der Waals surface area contributed by atoms with Gasteiger partial charge in [-0.3, -0.25) is 9.59 Å². The molecule has 1 aromatic carbocycles. The molecule has 1 amide bonds. The number of rotatable bonds is 6.